The first-order valence-corrected chi connectivity index (χ1v) is 9.71. The molecule has 4 rings (SSSR count). The number of hydrogen-bond acceptors (Lipinski definition) is 5. The number of nitrogens with zero attached hydrogens (tertiary/aromatic N) is 2. The topological polar surface area (TPSA) is 140 Å². The van der Waals surface area contributed by atoms with Crippen molar-refractivity contribution in [2.75, 3.05) is 5.73 Å². The van der Waals surface area contributed by atoms with Crippen LogP contribution in [0, 0.1) is 6.92 Å². The Labute approximate surface area is 172 Å². The van der Waals surface area contributed by atoms with Crippen molar-refractivity contribution in [3.05, 3.63) is 58.5 Å². The van der Waals surface area contributed by atoms with E-state index in [2.05, 4.69) is 9.97 Å². The van der Waals surface area contributed by atoms with Crippen molar-refractivity contribution in [1.29, 1.82) is 0 Å². The van der Waals surface area contributed by atoms with Gasteiger partial charge in [0, 0.05) is 34.9 Å². The van der Waals surface area contributed by atoms with Crippen LogP contribution in [0.5, 0.6) is 0 Å². The molecule has 2 aromatic heterocycles. The molecule has 30 heavy (non-hydrogen) atoms. The zero-order valence-electron chi connectivity index (χ0n) is 16.6. The fourth-order valence-electron chi connectivity index (χ4n) is 3.67. The standard InChI is InChI=1S/C22H23N5O3/c1-12-4-6-17-18(9-12)25-20(21(28)26-17)15-11-27(8-2-3-16(24)22(29)30)19-7-5-13(23)10-14(15)19/h4-7,9-11,16H,2-3,8,23-24H2,1H3,(H,26,28)(H,29,30). The zero-order valence-corrected chi connectivity index (χ0v) is 16.6. The van der Waals surface area contributed by atoms with Crippen LogP contribution < -0.4 is 17.0 Å². The first kappa shape index (κ1) is 19.7. The molecular weight excluding hydrogens is 382 g/mol. The minimum Gasteiger partial charge on any atom is -0.480 e. The summed E-state index contributed by atoms with van der Waals surface area (Å²) >= 11 is 0. The van der Waals surface area contributed by atoms with Crippen LogP contribution in [0.15, 0.2) is 47.4 Å². The Morgan fingerprint density at radius 2 is 2.07 bits per heavy atom. The maximum absolute atomic E-state index is 12.8. The second-order valence-corrected chi connectivity index (χ2v) is 7.53. The van der Waals surface area contributed by atoms with Gasteiger partial charge >= 0.3 is 5.97 Å². The largest absolute Gasteiger partial charge is 0.480 e. The molecule has 2 aromatic carbocycles. The van der Waals surface area contributed by atoms with E-state index in [0.717, 1.165) is 16.5 Å². The summed E-state index contributed by atoms with van der Waals surface area (Å²) in [5, 5.41) is 9.80. The Balaban J connectivity index is 1.80. The van der Waals surface area contributed by atoms with Gasteiger partial charge in [0.2, 0.25) is 0 Å². The number of aromatic nitrogens is 3. The van der Waals surface area contributed by atoms with Crippen LogP contribution in [-0.2, 0) is 11.3 Å². The Morgan fingerprint density at radius 3 is 2.83 bits per heavy atom. The molecule has 6 N–H and O–H groups in total. The number of carboxylic acid groups (broad SMARTS) is 1. The van der Waals surface area contributed by atoms with Gasteiger partial charge in [-0.3, -0.25) is 9.59 Å². The molecular formula is C22H23N5O3. The van der Waals surface area contributed by atoms with Crippen molar-refractivity contribution in [3.63, 3.8) is 0 Å². The second kappa shape index (κ2) is 7.64. The van der Waals surface area contributed by atoms with Crippen molar-refractivity contribution in [2.24, 2.45) is 5.73 Å². The number of H-pyrrole nitrogens is 1. The number of fused-ring (bicyclic) bond motifs is 2. The number of benzene rings is 2. The van der Waals surface area contributed by atoms with E-state index in [9.17, 15) is 9.59 Å². The summed E-state index contributed by atoms with van der Waals surface area (Å²) in [7, 11) is 0. The number of nitrogens with one attached hydrogen (secondary N) is 1. The molecule has 0 saturated heterocycles. The zero-order chi connectivity index (χ0) is 21.4. The van der Waals surface area contributed by atoms with E-state index in [4.69, 9.17) is 16.6 Å². The third-order valence-electron chi connectivity index (χ3n) is 5.24. The van der Waals surface area contributed by atoms with Gasteiger partial charge in [0.05, 0.1) is 11.0 Å². The number of nitrogens with two attached hydrogens (primary N) is 2. The molecule has 2 heterocycles. The van der Waals surface area contributed by atoms with Gasteiger partial charge in [0.25, 0.3) is 5.56 Å². The predicted octanol–water partition coefficient (Wildman–Crippen LogP) is 2.63. The molecule has 0 aliphatic heterocycles. The summed E-state index contributed by atoms with van der Waals surface area (Å²) < 4.78 is 1.99. The minimum absolute atomic E-state index is 0.277. The summed E-state index contributed by atoms with van der Waals surface area (Å²) in [5.41, 5.74) is 16.3. The molecule has 1 unspecified atom stereocenters. The van der Waals surface area contributed by atoms with Gasteiger partial charge < -0.3 is 26.1 Å². The summed E-state index contributed by atoms with van der Waals surface area (Å²) in [4.78, 5) is 31.3. The normalized spacial score (nSPS) is 12.5. The molecule has 0 aliphatic carbocycles. The van der Waals surface area contributed by atoms with Crippen LogP contribution in [0.3, 0.4) is 0 Å². The number of hydrogen-bond donors (Lipinski definition) is 4. The molecule has 0 aliphatic rings. The summed E-state index contributed by atoms with van der Waals surface area (Å²) in [6, 6.07) is 10.3. The summed E-state index contributed by atoms with van der Waals surface area (Å²) in [6.45, 7) is 2.53. The van der Waals surface area contributed by atoms with E-state index in [1.54, 1.807) is 6.07 Å². The number of aryl methyl sites for hydroxylation is 2. The third-order valence-corrected chi connectivity index (χ3v) is 5.24. The van der Waals surface area contributed by atoms with E-state index in [1.807, 2.05) is 48.0 Å². The van der Waals surface area contributed by atoms with E-state index in [0.29, 0.717) is 47.4 Å². The molecule has 0 amide bonds. The van der Waals surface area contributed by atoms with Gasteiger partial charge in [0.15, 0.2) is 0 Å². The van der Waals surface area contributed by atoms with Crippen molar-refractivity contribution in [2.45, 2.75) is 32.4 Å². The number of anilines is 1. The fraction of sp³-hybridized carbons (Fsp3) is 0.227. The van der Waals surface area contributed by atoms with Crippen LogP contribution in [0.1, 0.15) is 18.4 Å². The number of rotatable bonds is 6. The number of carboxylic acids is 1. The second-order valence-electron chi connectivity index (χ2n) is 7.53. The van der Waals surface area contributed by atoms with Gasteiger partial charge in [-0.05, 0) is 55.7 Å². The first-order chi connectivity index (χ1) is 14.3. The molecule has 8 nitrogen and oxygen atoms in total. The van der Waals surface area contributed by atoms with E-state index in [-0.39, 0.29) is 5.56 Å². The van der Waals surface area contributed by atoms with E-state index in [1.165, 1.54) is 0 Å². The highest BCUT2D eigenvalue weighted by Crippen LogP contribution is 2.30. The monoisotopic (exact) mass is 405 g/mol. The molecule has 8 heteroatoms. The lowest BCUT2D eigenvalue weighted by atomic mass is 10.1. The lowest BCUT2D eigenvalue weighted by Gasteiger charge is -2.08. The first-order valence-electron chi connectivity index (χ1n) is 9.71. The van der Waals surface area contributed by atoms with Crippen LogP contribution in [0.2, 0.25) is 0 Å². The van der Waals surface area contributed by atoms with Gasteiger partial charge in [-0.2, -0.15) is 0 Å². The summed E-state index contributed by atoms with van der Waals surface area (Å²) in [6.07, 6.45) is 2.81. The molecule has 0 radical (unpaired) electrons. The number of aliphatic carboxylic acids is 1. The molecule has 0 fully saturated rings. The summed E-state index contributed by atoms with van der Waals surface area (Å²) in [5.74, 6) is -1.01. The van der Waals surface area contributed by atoms with Gasteiger partial charge in [-0.1, -0.05) is 6.07 Å². The number of nitrogen functional groups attached to an aromatic ring is 1. The Hall–Kier alpha value is -3.65. The van der Waals surface area contributed by atoms with Gasteiger partial charge in [-0.15, -0.1) is 0 Å². The molecule has 1 atom stereocenters. The van der Waals surface area contributed by atoms with Crippen molar-refractivity contribution < 1.29 is 9.90 Å². The lowest BCUT2D eigenvalue weighted by molar-refractivity contribution is -0.138. The quantitative estimate of drug-likeness (QED) is 0.364. The van der Waals surface area contributed by atoms with Crippen molar-refractivity contribution >= 4 is 33.6 Å². The van der Waals surface area contributed by atoms with Crippen LogP contribution in [-0.4, -0.2) is 31.7 Å². The average molecular weight is 405 g/mol. The highest BCUT2D eigenvalue weighted by molar-refractivity contribution is 5.97. The van der Waals surface area contributed by atoms with Gasteiger partial charge in [0.1, 0.15) is 11.7 Å². The maximum atomic E-state index is 12.8. The Morgan fingerprint density at radius 1 is 1.27 bits per heavy atom. The van der Waals surface area contributed by atoms with Crippen molar-refractivity contribution in [3.8, 4) is 11.3 Å². The third kappa shape index (κ3) is 3.65. The predicted molar refractivity (Wildman–Crippen MR) is 117 cm³/mol. The molecule has 0 saturated carbocycles. The molecule has 0 spiro atoms. The highest BCUT2D eigenvalue weighted by Gasteiger charge is 2.17. The Kier molecular flexibility index (Phi) is 5.01. The smallest absolute Gasteiger partial charge is 0.320 e. The van der Waals surface area contributed by atoms with Gasteiger partial charge in [-0.25, -0.2) is 4.98 Å². The number of aromatic amines is 1. The van der Waals surface area contributed by atoms with Crippen LogP contribution in [0.4, 0.5) is 5.69 Å². The minimum atomic E-state index is -1.01. The SMILES string of the molecule is Cc1ccc2[nH]c(=O)c(-c3cn(CCCC(N)C(=O)O)c4ccc(N)cc34)nc2c1. The van der Waals surface area contributed by atoms with Crippen molar-refractivity contribution in [1.82, 2.24) is 14.5 Å². The van der Waals surface area contributed by atoms with E-state index >= 15 is 0 Å². The number of carbonyl (C=O) groups is 1. The van der Waals surface area contributed by atoms with Crippen LogP contribution in [0.25, 0.3) is 33.2 Å². The maximum Gasteiger partial charge on any atom is 0.320 e. The van der Waals surface area contributed by atoms with Crippen LogP contribution >= 0.6 is 0 Å². The van der Waals surface area contributed by atoms with E-state index < -0.39 is 12.0 Å². The Bertz CT molecular complexity index is 1320. The molecule has 0 bridgehead atoms. The fourth-order valence-corrected chi connectivity index (χ4v) is 3.67. The average Bonchev–Trinajstić information content (AvgIpc) is 3.05. The highest BCUT2D eigenvalue weighted by atomic mass is 16.4. The molecule has 154 valence electrons. The lowest BCUT2D eigenvalue weighted by Crippen LogP contribution is -2.30. The molecule has 4 aromatic rings.